The van der Waals surface area contributed by atoms with Crippen LogP contribution in [0, 0.1) is 0 Å². The van der Waals surface area contributed by atoms with Crippen LogP contribution in [0.25, 0.3) is 6.08 Å². The van der Waals surface area contributed by atoms with Crippen molar-refractivity contribution in [1.82, 2.24) is 0 Å². The van der Waals surface area contributed by atoms with Crippen LogP contribution in [0.3, 0.4) is 0 Å². The van der Waals surface area contributed by atoms with Gasteiger partial charge in [-0.15, -0.1) is 0 Å². The third-order valence-electron chi connectivity index (χ3n) is 2.92. The first kappa shape index (κ1) is 16.4. The Balaban J connectivity index is 2.21. The highest BCUT2D eigenvalue weighted by Crippen LogP contribution is 2.23. The summed E-state index contributed by atoms with van der Waals surface area (Å²) in [5.41, 5.74) is 1.73. The maximum atomic E-state index is 11.4. The van der Waals surface area contributed by atoms with Crippen molar-refractivity contribution in [1.29, 1.82) is 0 Å². The monoisotopic (exact) mass is 336 g/mol. The lowest BCUT2D eigenvalue weighted by molar-refractivity contribution is 0.0524. The summed E-state index contributed by atoms with van der Waals surface area (Å²) < 4.78 is 9.81. The molecule has 0 radical (unpaired) electrons. The number of hydrogen-bond acceptors (Lipinski definition) is 3. The fourth-order valence-corrected chi connectivity index (χ4v) is 2.05. The highest BCUT2D eigenvalue weighted by Gasteiger charge is 2.14. The molecule has 1 atom stereocenters. The Kier molecular flexibility index (Phi) is 5.87. The van der Waals surface area contributed by atoms with Gasteiger partial charge < -0.3 is 9.47 Å². The fraction of sp³-hybridized carbons (Fsp3) is 0.118. The summed E-state index contributed by atoms with van der Waals surface area (Å²) in [5.74, 6) is 0. The molecule has 0 unspecified atom stereocenters. The molecule has 5 heteroatoms. The molecule has 22 heavy (non-hydrogen) atoms. The molecule has 3 nitrogen and oxygen atoms in total. The van der Waals surface area contributed by atoms with Gasteiger partial charge in [0.1, 0.15) is 6.10 Å². The molecule has 0 spiro atoms. The van der Waals surface area contributed by atoms with E-state index < -0.39 is 12.3 Å². The van der Waals surface area contributed by atoms with E-state index in [-0.39, 0.29) is 0 Å². The van der Waals surface area contributed by atoms with Gasteiger partial charge in [0.05, 0.1) is 7.11 Å². The smallest absolute Gasteiger partial charge is 0.438 e. The van der Waals surface area contributed by atoms with Crippen LogP contribution in [0.2, 0.25) is 10.0 Å². The molecule has 2 aromatic carbocycles. The molecule has 0 bridgehead atoms. The summed E-state index contributed by atoms with van der Waals surface area (Å²) in [7, 11) is 1.27. The van der Waals surface area contributed by atoms with Gasteiger partial charge in [-0.25, -0.2) is 4.79 Å². The summed E-state index contributed by atoms with van der Waals surface area (Å²) in [6, 6.07) is 14.4. The van der Waals surface area contributed by atoms with Crippen LogP contribution in [-0.2, 0) is 9.47 Å². The van der Waals surface area contributed by atoms with Crippen molar-refractivity contribution in [3.63, 3.8) is 0 Å². The number of methoxy groups -OCH3 is 1. The second-order valence-corrected chi connectivity index (χ2v) is 5.33. The van der Waals surface area contributed by atoms with Crippen molar-refractivity contribution in [3.05, 3.63) is 75.8 Å². The van der Waals surface area contributed by atoms with E-state index in [1.54, 1.807) is 42.5 Å². The van der Waals surface area contributed by atoms with Crippen LogP contribution in [-0.4, -0.2) is 13.3 Å². The summed E-state index contributed by atoms with van der Waals surface area (Å²) in [5, 5.41) is 1.28. The zero-order chi connectivity index (χ0) is 15.9. The van der Waals surface area contributed by atoms with Gasteiger partial charge >= 0.3 is 6.16 Å². The average Bonchev–Trinajstić information content (AvgIpc) is 2.53. The van der Waals surface area contributed by atoms with E-state index in [0.29, 0.717) is 10.0 Å². The van der Waals surface area contributed by atoms with E-state index in [1.165, 1.54) is 7.11 Å². The maximum Gasteiger partial charge on any atom is 0.508 e. The van der Waals surface area contributed by atoms with Crippen molar-refractivity contribution < 1.29 is 14.3 Å². The lowest BCUT2D eigenvalue weighted by Gasteiger charge is -2.14. The highest BCUT2D eigenvalue weighted by atomic mass is 35.5. The third kappa shape index (κ3) is 4.79. The van der Waals surface area contributed by atoms with Gasteiger partial charge in [-0.2, -0.15) is 0 Å². The summed E-state index contributed by atoms with van der Waals surface area (Å²) in [6.07, 6.45) is 2.29. The van der Waals surface area contributed by atoms with Crippen molar-refractivity contribution in [2.75, 3.05) is 7.11 Å². The summed E-state index contributed by atoms with van der Waals surface area (Å²) >= 11 is 11.7. The van der Waals surface area contributed by atoms with Gasteiger partial charge in [0.25, 0.3) is 0 Å². The van der Waals surface area contributed by atoms with Crippen LogP contribution < -0.4 is 0 Å². The Labute approximate surface area is 139 Å². The quantitative estimate of drug-likeness (QED) is 0.688. The van der Waals surface area contributed by atoms with Gasteiger partial charge in [0.2, 0.25) is 0 Å². The first-order chi connectivity index (χ1) is 10.6. The van der Waals surface area contributed by atoms with Crippen LogP contribution in [0.5, 0.6) is 0 Å². The van der Waals surface area contributed by atoms with E-state index in [0.717, 1.165) is 11.1 Å². The topological polar surface area (TPSA) is 35.5 Å². The molecule has 0 amide bonds. The molecule has 0 saturated heterocycles. The van der Waals surface area contributed by atoms with E-state index in [4.69, 9.17) is 27.9 Å². The number of rotatable bonds is 4. The van der Waals surface area contributed by atoms with Crippen molar-refractivity contribution in [2.24, 2.45) is 0 Å². The standard InChI is InChI=1S/C17H14Cl2O3/c1-21-17(20)22-16(13-5-9-15(19)10-6-13)11-4-12-2-7-14(18)8-3-12/h2-11,16H,1H3/b11-4+/t16-/m1/s1. The molecular weight excluding hydrogens is 323 g/mol. The Morgan fingerprint density at radius 1 is 1.00 bits per heavy atom. The minimum Gasteiger partial charge on any atom is -0.438 e. The zero-order valence-electron chi connectivity index (χ0n) is 11.8. The van der Waals surface area contributed by atoms with Crippen molar-refractivity contribution in [2.45, 2.75) is 6.10 Å². The number of carbonyl (C=O) groups is 1. The number of ether oxygens (including phenoxy) is 2. The molecule has 0 aromatic heterocycles. The number of hydrogen-bond donors (Lipinski definition) is 0. The van der Waals surface area contributed by atoms with Crippen LogP contribution >= 0.6 is 23.2 Å². The third-order valence-corrected chi connectivity index (χ3v) is 3.43. The van der Waals surface area contributed by atoms with Crippen LogP contribution in [0.1, 0.15) is 17.2 Å². The second kappa shape index (κ2) is 7.87. The molecule has 0 aliphatic rings. The van der Waals surface area contributed by atoms with Crippen LogP contribution in [0.4, 0.5) is 4.79 Å². The van der Waals surface area contributed by atoms with Gasteiger partial charge in [0.15, 0.2) is 0 Å². The first-order valence-electron chi connectivity index (χ1n) is 6.52. The largest absolute Gasteiger partial charge is 0.508 e. The van der Waals surface area contributed by atoms with Gasteiger partial charge in [-0.1, -0.05) is 53.5 Å². The van der Waals surface area contributed by atoms with E-state index in [2.05, 4.69) is 4.74 Å². The van der Waals surface area contributed by atoms with Crippen molar-refractivity contribution >= 4 is 35.4 Å². The Morgan fingerprint density at radius 3 is 2.09 bits per heavy atom. The Bertz CT molecular complexity index is 649. The predicted octanol–water partition coefficient (Wildman–Crippen LogP) is 5.53. The average molecular weight is 337 g/mol. The zero-order valence-corrected chi connectivity index (χ0v) is 13.3. The first-order valence-corrected chi connectivity index (χ1v) is 7.28. The number of halogens is 2. The maximum absolute atomic E-state index is 11.4. The SMILES string of the molecule is COC(=O)O[C@H](/C=C/c1ccc(Cl)cc1)c1ccc(Cl)cc1. The van der Waals surface area contributed by atoms with E-state index in [9.17, 15) is 4.79 Å². The molecule has 0 fully saturated rings. The lowest BCUT2D eigenvalue weighted by atomic mass is 10.1. The highest BCUT2D eigenvalue weighted by molar-refractivity contribution is 6.30. The number of carbonyl (C=O) groups excluding carboxylic acids is 1. The summed E-state index contributed by atoms with van der Waals surface area (Å²) in [4.78, 5) is 11.4. The minimum absolute atomic E-state index is 0.569. The van der Waals surface area contributed by atoms with Gasteiger partial charge in [-0.05, 0) is 41.5 Å². The van der Waals surface area contributed by atoms with Crippen molar-refractivity contribution in [3.8, 4) is 0 Å². The Morgan fingerprint density at radius 2 is 1.55 bits per heavy atom. The molecule has 0 N–H and O–H groups in total. The molecule has 0 saturated carbocycles. The summed E-state index contributed by atoms with van der Waals surface area (Å²) in [6.45, 7) is 0. The molecule has 2 rings (SSSR count). The van der Waals surface area contributed by atoms with Gasteiger partial charge in [0, 0.05) is 10.0 Å². The minimum atomic E-state index is -0.749. The molecule has 0 aliphatic heterocycles. The number of benzene rings is 2. The molecule has 2 aromatic rings. The molecule has 114 valence electrons. The lowest BCUT2D eigenvalue weighted by Crippen LogP contribution is -2.09. The van der Waals surface area contributed by atoms with E-state index >= 15 is 0 Å². The Hall–Kier alpha value is -1.97. The molecule has 0 heterocycles. The normalized spacial score (nSPS) is 12.1. The molecule has 0 aliphatic carbocycles. The second-order valence-electron chi connectivity index (χ2n) is 4.45. The fourth-order valence-electron chi connectivity index (χ4n) is 1.80. The van der Waals surface area contributed by atoms with Crippen LogP contribution in [0.15, 0.2) is 54.6 Å². The predicted molar refractivity (Wildman–Crippen MR) is 88.2 cm³/mol. The molecular formula is C17H14Cl2O3. The van der Waals surface area contributed by atoms with E-state index in [1.807, 2.05) is 18.2 Å². The van der Waals surface area contributed by atoms with Gasteiger partial charge in [-0.3, -0.25) is 0 Å².